The first-order valence-electron chi connectivity index (χ1n) is 8.75. The minimum absolute atomic E-state index is 0.216. The summed E-state index contributed by atoms with van der Waals surface area (Å²) in [5, 5.41) is 4.74. The Morgan fingerprint density at radius 1 is 0.929 bits per heavy atom. The van der Waals surface area contributed by atoms with Gasteiger partial charge in [0.1, 0.15) is 17.1 Å². The molecule has 3 aromatic carbocycles. The molecule has 0 aliphatic heterocycles. The van der Waals surface area contributed by atoms with Gasteiger partial charge in [-0.1, -0.05) is 36.4 Å². The molecule has 0 aliphatic carbocycles. The molecule has 0 radical (unpaired) electrons. The summed E-state index contributed by atoms with van der Waals surface area (Å²) in [4.78, 5) is 25.0. The molecule has 3 aromatic rings. The maximum absolute atomic E-state index is 12.5. The van der Waals surface area contributed by atoms with Crippen LogP contribution in [0.4, 0.5) is 5.69 Å². The molecule has 0 aromatic heterocycles. The van der Waals surface area contributed by atoms with E-state index in [0.29, 0.717) is 17.2 Å². The highest BCUT2D eigenvalue weighted by Crippen LogP contribution is 2.26. The highest BCUT2D eigenvalue weighted by molar-refractivity contribution is 6.04. The number of nitrogens with one attached hydrogen (secondary N) is 1. The number of ether oxygens (including phenoxy) is 3. The number of fused-ring (bicyclic) bond motifs is 1. The Labute approximate surface area is 163 Å². The van der Waals surface area contributed by atoms with Crippen LogP contribution in [0, 0.1) is 0 Å². The van der Waals surface area contributed by atoms with Gasteiger partial charge in [-0.05, 0) is 30.5 Å². The maximum Gasteiger partial charge on any atom is 0.342 e. The monoisotopic (exact) mass is 379 g/mol. The maximum atomic E-state index is 12.5. The smallest absolute Gasteiger partial charge is 0.342 e. The van der Waals surface area contributed by atoms with Gasteiger partial charge < -0.3 is 19.5 Å². The lowest BCUT2D eigenvalue weighted by atomic mass is 10.1. The molecule has 3 rings (SSSR count). The number of carbonyl (C=O) groups is 2. The highest BCUT2D eigenvalue weighted by Gasteiger charge is 2.22. The summed E-state index contributed by atoms with van der Waals surface area (Å²) in [5.74, 6) is -0.210. The molecule has 0 unspecified atom stereocenters. The van der Waals surface area contributed by atoms with Crippen molar-refractivity contribution < 1.29 is 23.8 Å². The zero-order chi connectivity index (χ0) is 20.1. The van der Waals surface area contributed by atoms with Crippen LogP contribution in [0.3, 0.4) is 0 Å². The van der Waals surface area contributed by atoms with Crippen molar-refractivity contribution in [3.05, 3.63) is 66.2 Å². The zero-order valence-corrected chi connectivity index (χ0v) is 15.9. The van der Waals surface area contributed by atoms with Crippen molar-refractivity contribution in [2.75, 3.05) is 19.5 Å². The van der Waals surface area contributed by atoms with E-state index in [-0.39, 0.29) is 5.56 Å². The fourth-order valence-corrected chi connectivity index (χ4v) is 2.81. The van der Waals surface area contributed by atoms with Gasteiger partial charge in [0.2, 0.25) is 0 Å². The first-order valence-corrected chi connectivity index (χ1v) is 8.75. The molecule has 0 saturated heterocycles. The lowest BCUT2D eigenvalue weighted by molar-refractivity contribution is -0.123. The summed E-state index contributed by atoms with van der Waals surface area (Å²) in [6, 6.07) is 18.1. The van der Waals surface area contributed by atoms with Crippen molar-refractivity contribution in [2.45, 2.75) is 13.0 Å². The van der Waals surface area contributed by atoms with E-state index < -0.39 is 18.0 Å². The van der Waals surface area contributed by atoms with E-state index in [1.165, 1.54) is 27.2 Å². The van der Waals surface area contributed by atoms with Crippen molar-refractivity contribution in [1.29, 1.82) is 0 Å². The summed E-state index contributed by atoms with van der Waals surface area (Å²) in [6.45, 7) is 1.52. The van der Waals surface area contributed by atoms with Crippen LogP contribution in [0.2, 0.25) is 0 Å². The molecular weight excluding hydrogens is 358 g/mol. The van der Waals surface area contributed by atoms with Crippen molar-refractivity contribution in [3.8, 4) is 11.5 Å². The largest absolute Gasteiger partial charge is 0.497 e. The van der Waals surface area contributed by atoms with Crippen LogP contribution < -0.4 is 14.8 Å². The van der Waals surface area contributed by atoms with Gasteiger partial charge in [-0.2, -0.15) is 0 Å². The molecule has 6 heteroatoms. The van der Waals surface area contributed by atoms with Gasteiger partial charge in [0.05, 0.1) is 14.2 Å². The lowest BCUT2D eigenvalue weighted by Crippen LogP contribution is -2.30. The van der Waals surface area contributed by atoms with Crippen LogP contribution >= 0.6 is 0 Å². The van der Waals surface area contributed by atoms with Crippen LogP contribution in [0.5, 0.6) is 11.5 Å². The summed E-state index contributed by atoms with van der Waals surface area (Å²) >= 11 is 0. The van der Waals surface area contributed by atoms with Crippen LogP contribution in [0.15, 0.2) is 60.7 Å². The third kappa shape index (κ3) is 4.06. The molecule has 6 nitrogen and oxygen atoms in total. The van der Waals surface area contributed by atoms with Gasteiger partial charge in [0.25, 0.3) is 5.91 Å². The van der Waals surface area contributed by atoms with Crippen molar-refractivity contribution in [1.82, 2.24) is 0 Å². The molecule has 1 N–H and O–H groups in total. The third-order valence-corrected chi connectivity index (χ3v) is 4.33. The second-order valence-electron chi connectivity index (χ2n) is 6.13. The number of rotatable bonds is 6. The molecule has 144 valence electrons. The third-order valence-electron chi connectivity index (χ3n) is 4.33. The van der Waals surface area contributed by atoms with Crippen LogP contribution in [0.1, 0.15) is 17.3 Å². The van der Waals surface area contributed by atoms with Gasteiger partial charge in [-0.25, -0.2) is 4.79 Å². The average Bonchev–Trinajstić information content (AvgIpc) is 2.73. The quantitative estimate of drug-likeness (QED) is 0.654. The topological polar surface area (TPSA) is 73.9 Å². The Morgan fingerprint density at radius 3 is 2.43 bits per heavy atom. The van der Waals surface area contributed by atoms with Crippen LogP contribution in [-0.2, 0) is 9.53 Å². The molecular formula is C22H21NO5. The number of benzene rings is 3. The molecule has 0 spiro atoms. The minimum Gasteiger partial charge on any atom is -0.497 e. The molecule has 0 fully saturated rings. The van der Waals surface area contributed by atoms with E-state index in [2.05, 4.69) is 5.32 Å². The van der Waals surface area contributed by atoms with Crippen LogP contribution in [-0.4, -0.2) is 32.2 Å². The van der Waals surface area contributed by atoms with Gasteiger partial charge in [-0.3, -0.25) is 4.79 Å². The van der Waals surface area contributed by atoms with Crippen LogP contribution in [0.25, 0.3) is 10.8 Å². The fraction of sp³-hybridized carbons (Fsp3) is 0.182. The molecule has 1 amide bonds. The molecule has 1 atom stereocenters. The zero-order valence-electron chi connectivity index (χ0n) is 15.9. The number of hydrogen-bond acceptors (Lipinski definition) is 5. The van der Waals surface area contributed by atoms with E-state index >= 15 is 0 Å². The Kier molecular flexibility index (Phi) is 5.79. The van der Waals surface area contributed by atoms with Crippen molar-refractivity contribution in [3.63, 3.8) is 0 Å². The molecule has 0 saturated carbocycles. The first kappa shape index (κ1) is 19.2. The number of anilines is 1. The SMILES string of the molecule is COc1ccc(C(=O)O[C@H](C)C(=O)Nc2cccc3ccccc23)c(OC)c1. The van der Waals surface area contributed by atoms with Gasteiger partial charge >= 0.3 is 5.97 Å². The summed E-state index contributed by atoms with van der Waals surface area (Å²) in [5.41, 5.74) is 0.876. The van der Waals surface area contributed by atoms with Crippen molar-refractivity contribution in [2.24, 2.45) is 0 Å². The standard InChI is InChI=1S/C22H21NO5/c1-14(28-22(25)18-12-11-16(26-2)13-20(18)27-3)21(24)23-19-10-6-8-15-7-4-5-9-17(15)19/h4-14H,1-3H3,(H,23,24)/t14-/m1/s1. The predicted molar refractivity (Wildman–Crippen MR) is 107 cm³/mol. The summed E-state index contributed by atoms with van der Waals surface area (Å²) in [7, 11) is 2.97. The van der Waals surface area contributed by atoms with E-state index in [9.17, 15) is 9.59 Å². The minimum atomic E-state index is -0.988. The molecule has 28 heavy (non-hydrogen) atoms. The second-order valence-corrected chi connectivity index (χ2v) is 6.13. The van der Waals surface area contributed by atoms with Gasteiger partial charge in [-0.15, -0.1) is 0 Å². The molecule has 0 aliphatic rings. The average molecular weight is 379 g/mol. The van der Waals surface area contributed by atoms with Gasteiger partial charge in [0.15, 0.2) is 6.10 Å². The number of carbonyl (C=O) groups excluding carboxylic acids is 2. The molecule has 0 bridgehead atoms. The normalized spacial score (nSPS) is 11.5. The fourth-order valence-electron chi connectivity index (χ4n) is 2.81. The number of methoxy groups -OCH3 is 2. The Morgan fingerprint density at radius 2 is 1.68 bits per heavy atom. The van der Waals surface area contributed by atoms with Crippen molar-refractivity contribution >= 4 is 28.3 Å². The van der Waals surface area contributed by atoms with E-state index in [4.69, 9.17) is 14.2 Å². The van der Waals surface area contributed by atoms with E-state index in [1.807, 2.05) is 36.4 Å². The van der Waals surface area contributed by atoms with Gasteiger partial charge in [0, 0.05) is 17.1 Å². The lowest BCUT2D eigenvalue weighted by Gasteiger charge is -2.16. The number of esters is 1. The Balaban J connectivity index is 1.73. The first-order chi connectivity index (χ1) is 13.5. The number of amides is 1. The molecule has 0 heterocycles. The number of hydrogen-bond donors (Lipinski definition) is 1. The highest BCUT2D eigenvalue weighted by atomic mass is 16.5. The Hall–Kier alpha value is -3.54. The second kappa shape index (κ2) is 8.43. The summed E-state index contributed by atoms with van der Waals surface area (Å²) < 4.78 is 15.7. The van der Waals surface area contributed by atoms with E-state index in [1.54, 1.807) is 18.2 Å². The predicted octanol–water partition coefficient (Wildman–Crippen LogP) is 4.04. The van der Waals surface area contributed by atoms with E-state index in [0.717, 1.165) is 10.8 Å². The Bertz CT molecular complexity index is 1010. The summed E-state index contributed by atoms with van der Waals surface area (Å²) in [6.07, 6.45) is -0.988.